The molecule has 3 nitrogen and oxygen atoms in total. The molecule has 0 saturated carbocycles. The Morgan fingerprint density at radius 3 is 2.70 bits per heavy atom. The molecule has 0 fully saturated rings. The molecule has 0 spiro atoms. The number of nitriles is 1. The molecule has 0 aromatic heterocycles. The van der Waals surface area contributed by atoms with Crippen molar-refractivity contribution in [1.29, 1.82) is 5.26 Å². The number of ether oxygens (including phenoxy) is 2. The number of hydrogen-bond donors (Lipinski definition) is 0. The van der Waals surface area contributed by atoms with Crippen LogP contribution in [0.25, 0.3) is 0 Å². The van der Waals surface area contributed by atoms with Gasteiger partial charge in [0.15, 0.2) is 11.5 Å². The third kappa shape index (κ3) is 3.23. The van der Waals surface area contributed by atoms with Gasteiger partial charge in [0.25, 0.3) is 0 Å². The molecule has 20 heavy (non-hydrogen) atoms. The van der Waals surface area contributed by atoms with Crippen LogP contribution in [0.3, 0.4) is 0 Å². The van der Waals surface area contributed by atoms with Crippen LogP contribution >= 0.6 is 11.6 Å². The summed E-state index contributed by atoms with van der Waals surface area (Å²) in [6, 6.07) is 15.0. The van der Waals surface area contributed by atoms with Gasteiger partial charge in [-0.3, -0.25) is 0 Å². The first kappa shape index (κ1) is 14.2. The quantitative estimate of drug-likeness (QED) is 0.784. The number of alkyl halides is 1. The Balaban J connectivity index is 2.20. The summed E-state index contributed by atoms with van der Waals surface area (Å²) in [6.45, 7) is 0.361. The van der Waals surface area contributed by atoms with Crippen molar-refractivity contribution in [2.24, 2.45) is 0 Å². The van der Waals surface area contributed by atoms with Gasteiger partial charge in [0.1, 0.15) is 6.61 Å². The van der Waals surface area contributed by atoms with E-state index in [0.717, 1.165) is 11.1 Å². The SMILES string of the molecule is COc1cccc(CCl)c1OCc1cccc(C#N)c1. The Morgan fingerprint density at radius 2 is 2.00 bits per heavy atom. The Bertz CT molecular complexity index is 612. The summed E-state index contributed by atoms with van der Waals surface area (Å²) >= 11 is 5.91. The number of rotatable bonds is 5. The van der Waals surface area contributed by atoms with Gasteiger partial charge in [-0.25, -0.2) is 0 Å². The first-order chi connectivity index (χ1) is 9.78. The zero-order chi connectivity index (χ0) is 14.4. The molecule has 0 aliphatic heterocycles. The Morgan fingerprint density at radius 1 is 1.20 bits per heavy atom. The topological polar surface area (TPSA) is 42.2 Å². The minimum Gasteiger partial charge on any atom is -0.493 e. The number of halogens is 1. The molecule has 0 atom stereocenters. The maximum atomic E-state index is 8.88. The van der Waals surface area contributed by atoms with Gasteiger partial charge in [0, 0.05) is 5.56 Å². The summed E-state index contributed by atoms with van der Waals surface area (Å²) in [4.78, 5) is 0. The molecule has 2 aromatic rings. The molecule has 0 saturated heterocycles. The number of para-hydroxylation sites is 1. The second-order valence-corrected chi connectivity index (χ2v) is 4.45. The summed E-state index contributed by atoms with van der Waals surface area (Å²) in [5, 5.41) is 8.88. The van der Waals surface area contributed by atoms with E-state index < -0.39 is 0 Å². The lowest BCUT2D eigenvalue weighted by atomic mass is 10.1. The van der Waals surface area contributed by atoms with Crippen molar-refractivity contribution < 1.29 is 9.47 Å². The average molecular weight is 288 g/mol. The predicted octanol–water partition coefficient (Wildman–Crippen LogP) is 3.88. The molecule has 102 valence electrons. The van der Waals surface area contributed by atoms with E-state index in [0.29, 0.717) is 29.5 Å². The van der Waals surface area contributed by atoms with Gasteiger partial charge in [0.2, 0.25) is 0 Å². The van der Waals surface area contributed by atoms with Crippen LogP contribution in [0, 0.1) is 11.3 Å². The normalized spacial score (nSPS) is 9.85. The van der Waals surface area contributed by atoms with Gasteiger partial charge in [-0.15, -0.1) is 11.6 Å². The Hall–Kier alpha value is -2.18. The minimum atomic E-state index is 0.352. The van der Waals surface area contributed by atoms with E-state index in [4.69, 9.17) is 26.3 Å². The van der Waals surface area contributed by atoms with Crippen molar-refractivity contribution in [2.75, 3.05) is 7.11 Å². The summed E-state index contributed by atoms with van der Waals surface area (Å²) in [6.07, 6.45) is 0. The van der Waals surface area contributed by atoms with E-state index in [1.165, 1.54) is 0 Å². The molecular formula is C16H14ClNO2. The van der Waals surface area contributed by atoms with Crippen molar-refractivity contribution in [3.8, 4) is 17.6 Å². The molecular weight excluding hydrogens is 274 g/mol. The molecule has 0 heterocycles. The highest BCUT2D eigenvalue weighted by atomic mass is 35.5. The number of methoxy groups -OCH3 is 1. The van der Waals surface area contributed by atoms with Gasteiger partial charge in [-0.2, -0.15) is 5.26 Å². The molecule has 0 radical (unpaired) electrons. The Labute approximate surface area is 123 Å². The summed E-state index contributed by atoms with van der Waals surface area (Å²) in [5.74, 6) is 1.65. The summed E-state index contributed by atoms with van der Waals surface area (Å²) < 4.78 is 11.1. The van der Waals surface area contributed by atoms with E-state index in [9.17, 15) is 0 Å². The van der Waals surface area contributed by atoms with Crippen molar-refractivity contribution in [3.05, 3.63) is 59.2 Å². The third-order valence-electron chi connectivity index (χ3n) is 2.86. The van der Waals surface area contributed by atoms with Gasteiger partial charge >= 0.3 is 0 Å². The van der Waals surface area contributed by atoms with Crippen molar-refractivity contribution >= 4 is 11.6 Å². The number of benzene rings is 2. The average Bonchev–Trinajstić information content (AvgIpc) is 2.52. The molecule has 0 amide bonds. The van der Waals surface area contributed by atoms with E-state index in [2.05, 4.69) is 6.07 Å². The fourth-order valence-corrected chi connectivity index (χ4v) is 2.09. The molecule has 0 aliphatic carbocycles. The minimum absolute atomic E-state index is 0.352. The zero-order valence-electron chi connectivity index (χ0n) is 11.1. The fraction of sp³-hybridized carbons (Fsp3) is 0.188. The number of hydrogen-bond acceptors (Lipinski definition) is 3. The lowest BCUT2D eigenvalue weighted by Crippen LogP contribution is -2.00. The highest BCUT2D eigenvalue weighted by Crippen LogP contribution is 2.32. The zero-order valence-corrected chi connectivity index (χ0v) is 11.9. The van der Waals surface area contributed by atoms with Gasteiger partial charge in [-0.05, 0) is 23.8 Å². The van der Waals surface area contributed by atoms with Crippen molar-refractivity contribution in [2.45, 2.75) is 12.5 Å². The van der Waals surface area contributed by atoms with Crippen molar-refractivity contribution in [1.82, 2.24) is 0 Å². The van der Waals surface area contributed by atoms with Crippen LogP contribution in [0.2, 0.25) is 0 Å². The van der Waals surface area contributed by atoms with Crippen LogP contribution in [0.1, 0.15) is 16.7 Å². The number of nitrogens with zero attached hydrogens (tertiary/aromatic N) is 1. The monoisotopic (exact) mass is 287 g/mol. The molecule has 0 N–H and O–H groups in total. The van der Waals surface area contributed by atoms with Crippen LogP contribution in [-0.2, 0) is 12.5 Å². The first-order valence-corrected chi connectivity index (χ1v) is 6.65. The van der Waals surface area contributed by atoms with E-state index >= 15 is 0 Å². The third-order valence-corrected chi connectivity index (χ3v) is 3.15. The second kappa shape index (κ2) is 6.83. The van der Waals surface area contributed by atoms with E-state index in [1.54, 1.807) is 19.2 Å². The van der Waals surface area contributed by atoms with Gasteiger partial charge < -0.3 is 9.47 Å². The highest BCUT2D eigenvalue weighted by Gasteiger charge is 2.10. The predicted molar refractivity (Wildman–Crippen MR) is 78.0 cm³/mol. The molecule has 4 heteroatoms. The van der Waals surface area contributed by atoms with Gasteiger partial charge in [-0.1, -0.05) is 24.3 Å². The van der Waals surface area contributed by atoms with Crippen LogP contribution in [0.4, 0.5) is 0 Å². The summed E-state index contributed by atoms with van der Waals surface area (Å²) in [5.41, 5.74) is 2.42. The Kier molecular flexibility index (Phi) is 4.86. The second-order valence-electron chi connectivity index (χ2n) is 4.18. The smallest absolute Gasteiger partial charge is 0.166 e. The van der Waals surface area contributed by atoms with Crippen molar-refractivity contribution in [3.63, 3.8) is 0 Å². The fourth-order valence-electron chi connectivity index (χ4n) is 1.88. The lowest BCUT2D eigenvalue weighted by molar-refractivity contribution is 0.282. The van der Waals surface area contributed by atoms with E-state index in [-0.39, 0.29) is 0 Å². The standard InChI is InChI=1S/C16H14ClNO2/c1-19-15-7-3-6-14(9-17)16(15)20-11-13-5-2-4-12(8-13)10-18/h2-8H,9,11H2,1H3. The largest absolute Gasteiger partial charge is 0.493 e. The summed E-state index contributed by atoms with van der Waals surface area (Å²) in [7, 11) is 1.59. The van der Waals surface area contributed by atoms with Crippen LogP contribution in [-0.4, -0.2) is 7.11 Å². The molecule has 0 bridgehead atoms. The molecule has 0 aliphatic rings. The van der Waals surface area contributed by atoms with Crippen LogP contribution in [0.15, 0.2) is 42.5 Å². The maximum absolute atomic E-state index is 8.88. The first-order valence-electron chi connectivity index (χ1n) is 6.12. The van der Waals surface area contributed by atoms with Gasteiger partial charge in [0.05, 0.1) is 24.6 Å². The molecule has 2 rings (SSSR count). The molecule has 0 unspecified atom stereocenters. The van der Waals surface area contributed by atoms with Crippen LogP contribution < -0.4 is 9.47 Å². The van der Waals surface area contributed by atoms with E-state index in [1.807, 2.05) is 30.3 Å². The highest BCUT2D eigenvalue weighted by molar-refractivity contribution is 6.17. The molecule has 2 aromatic carbocycles. The lowest BCUT2D eigenvalue weighted by Gasteiger charge is -2.14. The maximum Gasteiger partial charge on any atom is 0.166 e. The van der Waals surface area contributed by atoms with Crippen LogP contribution in [0.5, 0.6) is 11.5 Å².